The molecule has 4 nitrogen and oxygen atoms in total. The molecule has 3 rings (SSSR count). The highest BCUT2D eigenvalue weighted by molar-refractivity contribution is 5.90. The largest absolute Gasteiger partial charge is 0.465 e. The molecular weight excluding hydrogens is 379 g/mol. The summed E-state index contributed by atoms with van der Waals surface area (Å²) in [5.41, 5.74) is 4.65. The van der Waals surface area contributed by atoms with Crippen molar-refractivity contribution in [3.8, 4) is 0 Å². The predicted octanol–water partition coefficient (Wildman–Crippen LogP) is 6.17. The van der Waals surface area contributed by atoms with Crippen molar-refractivity contribution in [1.82, 2.24) is 0 Å². The lowest BCUT2D eigenvalue weighted by Gasteiger charge is -2.47. The van der Waals surface area contributed by atoms with Crippen molar-refractivity contribution in [2.45, 2.75) is 58.9 Å². The van der Waals surface area contributed by atoms with Gasteiger partial charge in [-0.15, -0.1) is 0 Å². The van der Waals surface area contributed by atoms with Crippen LogP contribution in [0.25, 0.3) is 0 Å². The lowest BCUT2D eigenvalue weighted by atomic mass is 9.79. The van der Waals surface area contributed by atoms with E-state index in [0.29, 0.717) is 22.7 Å². The third kappa shape index (κ3) is 4.25. The van der Waals surface area contributed by atoms with Crippen molar-refractivity contribution in [3.05, 3.63) is 58.4 Å². The molecule has 0 amide bonds. The molecule has 160 valence electrons. The van der Waals surface area contributed by atoms with Crippen LogP contribution in [0.3, 0.4) is 0 Å². The number of carbonyl (C=O) groups excluding carboxylic acids is 1. The molecule has 0 spiro atoms. The number of esters is 1. The summed E-state index contributed by atoms with van der Waals surface area (Å²) in [6.07, 6.45) is 3.62. The predicted molar refractivity (Wildman–Crippen MR) is 121 cm³/mol. The minimum Gasteiger partial charge on any atom is -0.465 e. The van der Waals surface area contributed by atoms with Crippen LogP contribution in [-0.4, -0.2) is 31.4 Å². The summed E-state index contributed by atoms with van der Waals surface area (Å²) in [5.74, 6) is -0.313. The zero-order chi connectivity index (χ0) is 22.1. The molecule has 1 atom stereocenters. The van der Waals surface area contributed by atoms with Crippen LogP contribution in [0.2, 0.25) is 0 Å². The maximum absolute atomic E-state index is 15.0. The van der Waals surface area contributed by atoms with Crippen molar-refractivity contribution in [2.24, 2.45) is 4.99 Å². The summed E-state index contributed by atoms with van der Waals surface area (Å²) in [4.78, 5) is 18.5. The maximum atomic E-state index is 15.0. The summed E-state index contributed by atoms with van der Waals surface area (Å²) in [5, 5.41) is 0. The SMILES string of the molecule is CCCN1c2cc(F)c(C=Nc3ccc(C(=O)OC)cc3C)cc2C(C)CC1(C)C. The van der Waals surface area contributed by atoms with Crippen LogP contribution in [0.1, 0.15) is 73.5 Å². The van der Waals surface area contributed by atoms with Gasteiger partial charge in [-0.25, -0.2) is 9.18 Å². The number of aliphatic imine (C=N–C) groups is 1. The quantitative estimate of drug-likeness (QED) is 0.437. The van der Waals surface area contributed by atoms with Crippen LogP contribution in [-0.2, 0) is 4.74 Å². The summed E-state index contributed by atoms with van der Waals surface area (Å²) < 4.78 is 19.8. The number of methoxy groups -OCH3 is 1. The summed E-state index contributed by atoms with van der Waals surface area (Å²) >= 11 is 0. The van der Waals surface area contributed by atoms with Crippen LogP contribution >= 0.6 is 0 Å². The second kappa shape index (κ2) is 8.58. The van der Waals surface area contributed by atoms with Gasteiger partial charge in [-0.1, -0.05) is 13.8 Å². The topological polar surface area (TPSA) is 41.9 Å². The number of halogens is 1. The molecule has 0 saturated heterocycles. The molecule has 1 unspecified atom stereocenters. The summed E-state index contributed by atoms with van der Waals surface area (Å²) in [7, 11) is 1.35. The van der Waals surface area contributed by atoms with Gasteiger partial charge in [0.05, 0.1) is 18.4 Å². The lowest BCUT2D eigenvalue weighted by Crippen LogP contribution is -2.48. The Morgan fingerprint density at radius 3 is 2.70 bits per heavy atom. The maximum Gasteiger partial charge on any atom is 0.337 e. The molecule has 0 fully saturated rings. The molecule has 2 aromatic rings. The van der Waals surface area contributed by atoms with Crippen molar-refractivity contribution >= 4 is 23.6 Å². The molecular formula is C25H31FN2O2. The first-order valence-corrected chi connectivity index (χ1v) is 10.5. The minimum atomic E-state index is -0.386. The third-order valence-electron chi connectivity index (χ3n) is 5.91. The van der Waals surface area contributed by atoms with Gasteiger partial charge in [0, 0.05) is 29.5 Å². The Bertz CT molecular complexity index is 981. The number of benzene rings is 2. The molecule has 1 heterocycles. The second-order valence-electron chi connectivity index (χ2n) is 8.75. The van der Waals surface area contributed by atoms with E-state index in [1.54, 1.807) is 30.5 Å². The zero-order valence-electron chi connectivity index (χ0n) is 18.8. The van der Waals surface area contributed by atoms with Gasteiger partial charge in [0.15, 0.2) is 0 Å². The Kier molecular flexibility index (Phi) is 6.30. The Morgan fingerprint density at radius 2 is 2.07 bits per heavy atom. The smallest absolute Gasteiger partial charge is 0.337 e. The lowest BCUT2D eigenvalue weighted by molar-refractivity contribution is 0.0600. The normalized spacial score (nSPS) is 17.8. The van der Waals surface area contributed by atoms with Crippen LogP contribution in [0.5, 0.6) is 0 Å². The fraction of sp³-hybridized carbons (Fsp3) is 0.440. The molecule has 30 heavy (non-hydrogen) atoms. The number of fused-ring (bicyclic) bond motifs is 1. The summed E-state index contributed by atoms with van der Waals surface area (Å²) in [6, 6.07) is 8.75. The van der Waals surface area contributed by atoms with Gasteiger partial charge in [-0.05, 0) is 81.0 Å². The molecule has 0 saturated carbocycles. The Morgan fingerprint density at radius 1 is 1.33 bits per heavy atom. The number of ether oxygens (including phenoxy) is 1. The van der Waals surface area contributed by atoms with Gasteiger partial charge in [0.25, 0.3) is 0 Å². The van der Waals surface area contributed by atoms with E-state index in [1.165, 1.54) is 12.7 Å². The molecule has 0 N–H and O–H groups in total. The number of hydrogen-bond donors (Lipinski definition) is 0. The first-order chi connectivity index (χ1) is 14.2. The third-order valence-corrected chi connectivity index (χ3v) is 5.91. The van der Waals surface area contributed by atoms with Crippen LogP contribution in [0.4, 0.5) is 15.8 Å². The molecule has 0 bridgehead atoms. The van der Waals surface area contributed by atoms with E-state index >= 15 is 4.39 Å². The van der Waals surface area contributed by atoms with E-state index < -0.39 is 0 Å². The Labute approximate surface area is 178 Å². The highest BCUT2D eigenvalue weighted by atomic mass is 19.1. The van der Waals surface area contributed by atoms with E-state index in [9.17, 15) is 4.79 Å². The van der Waals surface area contributed by atoms with Crippen molar-refractivity contribution in [2.75, 3.05) is 18.6 Å². The Hall–Kier alpha value is -2.69. The number of rotatable bonds is 5. The summed E-state index contributed by atoms with van der Waals surface area (Å²) in [6.45, 7) is 11.6. The van der Waals surface area contributed by atoms with Crippen LogP contribution in [0.15, 0.2) is 35.3 Å². The van der Waals surface area contributed by atoms with Crippen molar-refractivity contribution < 1.29 is 13.9 Å². The molecule has 0 aliphatic carbocycles. The highest BCUT2D eigenvalue weighted by Gasteiger charge is 2.36. The molecule has 5 heteroatoms. The van der Waals surface area contributed by atoms with Gasteiger partial charge in [0.1, 0.15) is 5.82 Å². The average molecular weight is 411 g/mol. The Balaban J connectivity index is 1.96. The zero-order valence-corrected chi connectivity index (χ0v) is 18.8. The van der Waals surface area contributed by atoms with Gasteiger partial charge in [0.2, 0.25) is 0 Å². The molecule has 0 aromatic heterocycles. The van der Waals surface area contributed by atoms with E-state index in [0.717, 1.165) is 30.6 Å². The van der Waals surface area contributed by atoms with Gasteiger partial charge < -0.3 is 9.64 Å². The van der Waals surface area contributed by atoms with Gasteiger partial charge in [-0.3, -0.25) is 4.99 Å². The average Bonchev–Trinajstić information content (AvgIpc) is 2.69. The minimum absolute atomic E-state index is 0.00294. The number of carbonyl (C=O) groups is 1. The van der Waals surface area contributed by atoms with Crippen LogP contribution in [0, 0.1) is 12.7 Å². The number of anilines is 1. The van der Waals surface area contributed by atoms with Gasteiger partial charge >= 0.3 is 5.97 Å². The number of nitrogens with zero attached hydrogens (tertiary/aromatic N) is 2. The van der Waals surface area contributed by atoms with E-state index in [2.05, 4.69) is 37.6 Å². The number of hydrogen-bond acceptors (Lipinski definition) is 4. The molecule has 0 radical (unpaired) electrons. The van der Waals surface area contributed by atoms with E-state index in [4.69, 9.17) is 4.74 Å². The van der Waals surface area contributed by atoms with E-state index in [-0.39, 0.29) is 17.3 Å². The fourth-order valence-electron chi connectivity index (χ4n) is 4.45. The van der Waals surface area contributed by atoms with Gasteiger partial charge in [-0.2, -0.15) is 0 Å². The molecule has 1 aliphatic rings. The van der Waals surface area contributed by atoms with Crippen molar-refractivity contribution in [1.29, 1.82) is 0 Å². The fourth-order valence-corrected chi connectivity index (χ4v) is 4.45. The standard InChI is InChI=1S/C25H31FN2O2/c1-7-10-28-23-13-21(26)19(12-20(23)17(3)14-25(28,4)5)15-27-22-9-8-18(11-16(22)2)24(29)30-6/h8-9,11-13,15,17H,7,10,14H2,1-6H3. The highest BCUT2D eigenvalue weighted by Crippen LogP contribution is 2.44. The van der Waals surface area contributed by atoms with E-state index in [1.807, 2.05) is 13.0 Å². The van der Waals surface area contributed by atoms with Crippen molar-refractivity contribution in [3.63, 3.8) is 0 Å². The van der Waals surface area contributed by atoms with Crippen LogP contribution < -0.4 is 4.90 Å². The molecule has 1 aliphatic heterocycles. The monoisotopic (exact) mass is 410 g/mol. The second-order valence-corrected chi connectivity index (χ2v) is 8.75. The number of aryl methyl sites for hydroxylation is 1. The molecule has 2 aromatic carbocycles. The first-order valence-electron chi connectivity index (χ1n) is 10.5. The first kappa shape index (κ1) is 22.0.